The van der Waals surface area contributed by atoms with Crippen molar-refractivity contribution in [2.75, 3.05) is 38.2 Å². The van der Waals surface area contributed by atoms with Crippen molar-refractivity contribution >= 4 is 29.0 Å². The quantitative estimate of drug-likeness (QED) is 0.913. The molecule has 0 saturated carbocycles. The molecule has 19 heavy (non-hydrogen) atoms. The van der Waals surface area contributed by atoms with Gasteiger partial charge in [0, 0.05) is 43.4 Å². The van der Waals surface area contributed by atoms with E-state index in [0.717, 1.165) is 37.4 Å². The first kappa shape index (κ1) is 13.9. The highest BCUT2D eigenvalue weighted by molar-refractivity contribution is 5.95. The summed E-state index contributed by atoms with van der Waals surface area (Å²) < 4.78 is 5.38. The summed E-state index contributed by atoms with van der Waals surface area (Å²) in [4.78, 5) is 6.84. The van der Waals surface area contributed by atoms with Gasteiger partial charge in [-0.05, 0) is 12.1 Å². The number of halogens is 1. The number of ether oxygens (including phenoxy) is 1. The van der Waals surface area contributed by atoms with Gasteiger partial charge in [0.25, 0.3) is 0 Å². The van der Waals surface area contributed by atoms with Gasteiger partial charge in [-0.15, -0.1) is 12.4 Å². The maximum absolute atomic E-state index is 5.38. The number of anilines is 1. The Morgan fingerprint density at radius 2 is 2.00 bits per heavy atom. The number of piperazine rings is 1. The highest BCUT2D eigenvalue weighted by Gasteiger charge is 2.14. The van der Waals surface area contributed by atoms with E-state index in [4.69, 9.17) is 4.74 Å². The van der Waals surface area contributed by atoms with Crippen LogP contribution >= 0.6 is 12.4 Å². The average molecular weight is 280 g/mol. The first-order valence-corrected chi connectivity index (χ1v) is 6.27. The number of aromatic nitrogens is 1. The molecular formula is C14H18ClN3O. The standard InChI is InChI=1S/C14H17N3O.ClH/c1-18-13-4-2-3-11-12(5-6-16-14(11)13)17-9-7-15-8-10-17;/h2-6,15H,7-10H2,1H3;1H. The molecule has 3 rings (SSSR count). The second kappa shape index (κ2) is 6.08. The van der Waals surface area contributed by atoms with Crippen LogP contribution < -0.4 is 15.0 Å². The lowest BCUT2D eigenvalue weighted by atomic mass is 10.1. The summed E-state index contributed by atoms with van der Waals surface area (Å²) in [7, 11) is 1.69. The number of hydrogen-bond donors (Lipinski definition) is 1. The van der Waals surface area contributed by atoms with Crippen molar-refractivity contribution in [1.29, 1.82) is 0 Å². The molecule has 4 nitrogen and oxygen atoms in total. The lowest BCUT2D eigenvalue weighted by Gasteiger charge is -2.30. The van der Waals surface area contributed by atoms with E-state index < -0.39 is 0 Å². The van der Waals surface area contributed by atoms with Crippen LogP contribution in [0.5, 0.6) is 5.75 Å². The van der Waals surface area contributed by atoms with Crippen LogP contribution in [0.1, 0.15) is 0 Å². The number of hydrogen-bond acceptors (Lipinski definition) is 4. The van der Waals surface area contributed by atoms with E-state index in [2.05, 4.69) is 27.3 Å². The van der Waals surface area contributed by atoms with Crippen LogP contribution in [0.2, 0.25) is 0 Å². The molecule has 1 aliphatic rings. The Morgan fingerprint density at radius 3 is 2.74 bits per heavy atom. The van der Waals surface area contributed by atoms with Crippen LogP contribution in [0.4, 0.5) is 5.69 Å². The Balaban J connectivity index is 0.00000133. The van der Waals surface area contributed by atoms with Crippen LogP contribution in [-0.2, 0) is 0 Å². The number of para-hydroxylation sites is 1. The lowest BCUT2D eigenvalue weighted by Crippen LogP contribution is -2.43. The largest absolute Gasteiger partial charge is 0.494 e. The molecule has 0 aliphatic carbocycles. The van der Waals surface area contributed by atoms with Crippen molar-refractivity contribution in [1.82, 2.24) is 10.3 Å². The Hall–Kier alpha value is -1.52. The van der Waals surface area contributed by atoms with Gasteiger partial charge in [0.2, 0.25) is 0 Å². The van der Waals surface area contributed by atoms with E-state index in [1.807, 2.05) is 18.3 Å². The van der Waals surface area contributed by atoms with Crippen molar-refractivity contribution < 1.29 is 4.74 Å². The monoisotopic (exact) mass is 279 g/mol. The highest BCUT2D eigenvalue weighted by atomic mass is 35.5. The Kier molecular flexibility index (Phi) is 4.45. The average Bonchev–Trinajstić information content (AvgIpc) is 2.47. The molecule has 0 bridgehead atoms. The third-order valence-electron chi connectivity index (χ3n) is 3.39. The highest BCUT2D eigenvalue weighted by Crippen LogP contribution is 2.30. The minimum Gasteiger partial charge on any atom is -0.494 e. The molecule has 1 N–H and O–H groups in total. The van der Waals surface area contributed by atoms with Crippen molar-refractivity contribution in [2.45, 2.75) is 0 Å². The van der Waals surface area contributed by atoms with Crippen LogP contribution in [0.3, 0.4) is 0 Å². The Labute approximate surface area is 119 Å². The van der Waals surface area contributed by atoms with E-state index in [0.29, 0.717) is 0 Å². The van der Waals surface area contributed by atoms with E-state index in [1.54, 1.807) is 7.11 Å². The zero-order chi connectivity index (χ0) is 12.4. The van der Waals surface area contributed by atoms with Crippen molar-refractivity contribution in [3.8, 4) is 5.75 Å². The van der Waals surface area contributed by atoms with E-state index in [9.17, 15) is 0 Å². The third-order valence-corrected chi connectivity index (χ3v) is 3.39. The van der Waals surface area contributed by atoms with Crippen molar-refractivity contribution in [3.05, 3.63) is 30.5 Å². The maximum Gasteiger partial charge on any atom is 0.145 e. The Bertz CT molecular complexity index is 555. The molecule has 0 radical (unpaired) electrons. The van der Waals surface area contributed by atoms with Gasteiger partial charge >= 0.3 is 0 Å². The molecule has 1 aromatic carbocycles. The number of methoxy groups -OCH3 is 1. The van der Waals surface area contributed by atoms with Crippen LogP contribution in [0.25, 0.3) is 10.9 Å². The summed E-state index contributed by atoms with van der Waals surface area (Å²) in [5, 5.41) is 4.54. The van der Waals surface area contributed by atoms with Gasteiger partial charge in [-0.3, -0.25) is 4.98 Å². The predicted molar refractivity (Wildman–Crippen MR) is 80.6 cm³/mol. The molecule has 5 heteroatoms. The molecule has 0 spiro atoms. The molecule has 0 amide bonds. The zero-order valence-electron chi connectivity index (χ0n) is 10.9. The summed E-state index contributed by atoms with van der Waals surface area (Å²) in [6, 6.07) is 8.18. The SMILES string of the molecule is COc1cccc2c(N3CCNCC3)ccnc12.Cl. The molecular weight excluding hydrogens is 262 g/mol. The topological polar surface area (TPSA) is 37.4 Å². The second-order valence-corrected chi connectivity index (χ2v) is 4.42. The second-order valence-electron chi connectivity index (χ2n) is 4.42. The fourth-order valence-corrected chi connectivity index (χ4v) is 2.48. The first-order valence-electron chi connectivity index (χ1n) is 6.27. The summed E-state index contributed by atoms with van der Waals surface area (Å²) >= 11 is 0. The molecule has 1 aromatic heterocycles. The number of nitrogens with one attached hydrogen (secondary N) is 1. The van der Waals surface area contributed by atoms with Gasteiger partial charge in [0.15, 0.2) is 0 Å². The lowest BCUT2D eigenvalue weighted by molar-refractivity contribution is 0.419. The maximum atomic E-state index is 5.38. The molecule has 0 atom stereocenters. The van der Waals surface area contributed by atoms with Gasteiger partial charge in [-0.1, -0.05) is 12.1 Å². The summed E-state index contributed by atoms with van der Waals surface area (Å²) in [5.41, 5.74) is 2.19. The van der Waals surface area contributed by atoms with Crippen LogP contribution in [0.15, 0.2) is 30.5 Å². The molecule has 2 aromatic rings. The number of pyridine rings is 1. The molecule has 2 heterocycles. The first-order chi connectivity index (χ1) is 8.90. The van der Waals surface area contributed by atoms with Crippen molar-refractivity contribution in [2.24, 2.45) is 0 Å². The van der Waals surface area contributed by atoms with Gasteiger partial charge in [0.1, 0.15) is 11.3 Å². The number of rotatable bonds is 2. The number of fused-ring (bicyclic) bond motifs is 1. The Morgan fingerprint density at radius 1 is 1.21 bits per heavy atom. The third kappa shape index (κ3) is 2.60. The van der Waals surface area contributed by atoms with Crippen molar-refractivity contribution in [3.63, 3.8) is 0 Å². The van der Waals surface area contributed by atoms with Gasteiger partial charge < -0.3 is 15.0 Å². The smallest absolute Gasteiger partial charge is 0.145 e. The summed E-state index contributed by atoms with van der Waals surface area (Å²) in [5.74, 6) is 0.837. The van der Waals surface area contributed by atoms with E-state index >= 15 is 0 Å². The summed E-state index contributed by atoms with van der Waals surface area (Å²) in [6.45, 7) is 4.15. The summed E-state index contributed by atoms with van der Waals surface area (Å²) in [6.07, 6.45) is 1.86. The van der Waals surface area contributed by atoms with Crippen LogP contribution in [-0.4, -0.2) is 38.3 Å². The molecule has 1 saturated heterocycles. The van der Waals surface area contributed by atoms with Gasteiger partial charge in [-0.2, -0.15) is 0 Å². The van der Waals surface area contributed by atoms with E-state index in [1.165, 1.54) is 11.1 Å². The fraction of sp³-hybridized carbons (Fsp3) is 0.357. The molecule has 1 aliphatic heterocycles. The van der Waals surface area contributed by atoms with E-state index in [-0.39, 0.29) is 12.4 Å². The normalized spacial score (nSPS) is 15.1. The number of benzene rings is 1. The van der Waals surface area contributed by atoms with Gasteiger partial charge in [-0.25, -0.2) is 0 Å². The minimum absolute atomic E-state index is 0. The predicted octanol–water partition coefficient (Wildman–Crippen LogP) is 2.07. The number of nitrogens with zero attached hydrogens (tertiary/aromatic N) is 2. The minimum atomic E-state index is 0. The molecule has 102 valence electrons. The van der Waals surface area contributed by atoms with Crippen LogP contribution in [0, 0.1) is 0 Å². The molecule has 0 unspecified atom stereocenters. The van der Waals surface area contributed by atoms with Gasteiger partial charge in [0.05, 0.1) is 7.11 Å². The fourth-order valence-electron chi connectivity index (χ4n) is 2.48. The zero-order valence-corrected chi connectivity index (χ0v) is 11.7. The molecule has 1 fully saturated rings.